The van der Waals surface area contributed by atoms with E-state index in [0.29, 0.717) is 17.4 Å². The first-order chi connectivity index (χ1) is 10.9. The van der Waals surface area contributed by atoms with Crippen LogP contribution in [0.15, 0.2) is 24.5 Å². The first-order valence-corrected chi connectivity index (χ1v) is 7.82. The van der Waals surface area contributed by atoms with E-state index in [9.17, 15) is 4.79 Å². The average molecular weight is 312 g/mol. The SMILES string of the molecule is Cc1cc(C)c(NC(=O)c2cnc(NCC(C)C)nc2)c(C)c1. The van der Waals surface area contributed by atoms with Gasteiger partial charge in [-0.2, -0.15) is 0 Å². The van der Waals surface area contributed by atoms with Gasteiger partial charge in [0.1, 0.15) is 0 Å². The second-order valence-corrected chi connectivity index (χ2v) is 6.30. The van der Waals surface area contributed by atoms with Crippen LogP contribution >= 0.6 is 0 Å². The van der Waals surface area contributed by atoms with Crippen LogP contribution in [0.2, 0.25) is 0 Å². The topological polar surface area (TPSA) is 66.9 Å². The van der Waals surface area contributed by atoms with Gasteiger partial charge in [0.05, 0.1) is 5.56 Å². The highest BCUT2D eigenvalue weighted by atomic mass is 16.1. The lowest BCUT2D eigenvalue weighted by Crippen LogP contribution is -2.16. The molecule has 0 saturated heterocycles. The van der Waals surface area contributed by atoms with E-state index in [1.807, 2.05) is 20.8 Å². The van der Waals surface area contributed by atoms with Crippen LogP contribution in [0.25, 0.3) is 0 Å². The van der Waals surface area contributed by atoms with E-state index in [-0.39, 0.29) is 5.91 Å². The summed E-state index contributed by atoms with van der Waals surface area (Å²) in [6, 6.07) is 4.11. The van der Waals surface area contributed by atoms with Gasteiger partial charge >= 0.3 is 0 Å². The summed E-state index contributed by atoms with van der Waals surface area (Å²) in [6.07, 6.45) is 3.09. The van der Waals surface area contributed by atoms with Gasteiger partial charge in [-0.15, -0.1) is 0 Å². The summed E-state index contributed by atoms with van der Waals surface area (Å²) in [7, 11) is 0. The molecule has 1 aromatic carbocycles. The van der Waals surface area contributed by atoms with Gasteiger partial charge in [-0.1, -0.05) is 31.5 Å². The summed E-state index contributed by atoms with van der Waals surface area (Å²) in [6.45, 7) is 11.0. The number of amides is 1. The molecule has 0 bridgehead atoms. The van der Waals surface area contributed by atoms with Crippen molar-refractivity contribution in [3.63, 3.8) is 0 Å². The maximum absolute atomic E-state index is 12.4. The first kappa shape index (κ1) is 16.9. The number of nitrogens with zero attached hydrogens (tertiary/aromatic N) is 2. The number of aryl methyl sites for hydroxylation is 3. The van der Waals surface area contributed by atoms with Crippen LogP contribution in [-0.2, 0) is 0 Å². The van der Waals surface area contributed by atoms with Gasteiger partial charge in [-0.25, -0.2) is 9.97 Å². The Hall–Kier alpha value is -2.43. The van der Waals surface area contributed by atoms with E-state index in [1.165, 1.54) is 5.56 Å². The summed E-state index contributed by atoms with van der Waals surface area (Å²) < 4.78 is 0. The first-order valence-electron chi connectivity index (χ1n) is 7.82. The fraction of sp³-hybridized carbons (Fsp3) is 0.389. The quantitative estimate of drug-likeness (QED) is 0.883. The molecule has 0 aliphatic rings. The van der Waals surface area contributed by atoms with Crippen LogP contribution in [0.1, 0.15) is 40.9 Å². The molecule has 1 aromatic heterocycles. The van der Waals surface area contributed by atoms with E-state index in [1.54, 1.807) is 12.4 Å². The van der Waals surface area contributed by atoms with Gasteiger partial charge in [-0.3, -0.25) is 4.79 Å². The van der Waals surface area contributed by atoms with Crippen molar-refractivity contribution >= 4 is 17.5 Å². The summed E-state index contributed by atoms with van der Waals surface area (Å²) >= 11 is 0. The number of hydrogen-bond acceptors (Lipinski definition) is 4. The van der Waals surface area contributed by atoms with E-state index in [2.05, 4.69) is 46.6 Å². The van der Waals surface area contributed by atoms with Crippen LogP contribution in [0.5, 0.6) is 0 Å². The van der Waals surface area contributed by atoms with Crippen molar-refractivity contribution in [2.75, 3.05) is 17.2 Å². The molecule has 0 unspecified atom stereocenters. The Morgan fingerprint density at radius 3 is 2.17 bits per heavy atom. The molecule has 2 rings (SSSR count). The molecular weight excluding hydrogens is 288 g/mol. The summed E-state index contributed by atoms with van der Waals surface area (Å²) in [5, 5.41) is 6.08. The fourth-order valence-corrected chi connectivity index (χ4v) is 2.39. The van der Waals surface area contributed by atoms with Gasteiger partial charge in [0.25, 0.3) is 5.91 Å². The Morgan fingerprint density at radius 1 is 1.09 bits per heavy atom. The molecule has 1 heterocycles. The van der Waals surface area contributed by atoms with Crippen LogP contribution < -0.4 is 10.6 Å². The van der Waals surface area contributed by atoms with Gasteiger partial charge < -0.3 is 10.6 Å². The van der Waals surface area contributed by atoms with Crippen molar-refractivity contribution < 1.29 is 4.79 Å². The zero-order chi connectivity index (χ0) is 17.0. The average Bonchev–Trinajstić information content (AvgIpc) is 2.49. The second kappa shape index (κ2) is 7.22. The van der Waals surface area contributed by atoms with Gasteiger partial charge in [-0.05, 0) is 37.8 Å². The Morgan fingerprint density at radius 2 is 1.65 bits per heavy atom. The van der Waals surface area contributed by atoms with Crippen molar-refractivity contribution in [3.05, 3.63) is 46.8 Å². The van der Waals surface area contributed by atoms with Gasteiger partial charge in [0.2, 0.25) is 5.95 Å². The zero-order valence-corrected chi connectivity index (χ0v) is 14.4. The van der Waals surface area contributed by atoms with Crippen molar-refractivity contribution in [1.29, 1.82) is 0 Å². The summed E-state index contributed by atoms with van der Waals surface area (Å²) in [5.74, 6) is 0.850. The minimum atomic E-state index is -0.199. The Balaban J connectivity index is 2.09. The number of rotatable bonds is 5. The molecule has 0 saturated carbocycles. The number of hydrogen-bond donors (Lipinski definition) is 2. The molecule has 0 atom stereocenters. The Labute approximate surface area is 137 Å². The lowest BCUT2D eigenvalue weighted by atomic mass is 10.0. The van der Waals surface area contributed by atoms with Crippen LogP contribution in [0.4, 0.5) is 11.6 Å². The van der Waals surface area contributed by atoms with E-state index < -0.39 is 0 Å². The highest BCUT2D eigenvalue weighted by Gasteiger charge is 2.11. The third-order valence-corrected chi connectivity index (χ3v) is 3.50. The van der Waals surface area contributed by atoms with Crippen molar-refractivity contribution in [2.24, 2.45) is 5.92 Å². The number of carbonyl (C=O) groups excluding carboxylic acids is 1. The number of carbonyl (C=O) groups is 1. The Kier molecular flexibility index (Phi) is 5.32. The number of aromatic nitrogens is 2. The maximum atomic E-state index is 12.4. The van der Waals surface area contributed by atoms with Crippen LogP contribution in [0.3, 0.4) is 0 Å². The molecule has 0 aliphatic carbocycles. The van der Waals surface area contributed by atoms with Gasteiger partial charge in [0, 0.05) is 24.6 Å². The molecule has 5 heteroatoms. The standard InChI is InChI=1S/C18H24N4O/c1-11(2)8-19-18-20-9-15(10-21-18)17(23)22-16-13(4)6-12(3)7-14(16)5/h6-7,9-11H,8H2,1-5H3,(H,22,23)(H,19,20,21). The molecule has 0 aliphatic heterocycles. The van der Waals surface area contributed by atoms with Crippen LogP contribution in [-0.4, -0.2) is 22.4 Å². The molecule has 0 fully saturated rings. The van der Waals surface area contributed by atoms with Crippen LogP contribution in [0, 0.1) is 26.7 Å². The van der Waals surface area contributed by atoms with Crippen molar-refractivity contribution in [1.82, 2.24) is 9.97 Å². The largest absolute Gasteiger partial charge is 0.354 e. The predicted molar refractivity (Wildman–Crippen MR) is 94.0 cm³/mol. The minimum Gasteiger partial charge on any atom is -0.354 e. The molecule has 0 radical (unpaired) electrons. The van der Waals surface area contributed by atoms with E-state index in [0.717, 1.165) is 23.4 Å². The molecule has 1 amide bonds. The monoisotopic (exact) mass is 312 g/mol. The fourth-order valence-electron chi connectivity index (χ4n) is 2.39. The molecule has 5 nitrogen and oxygen atoms in total. The lowest BCUT2D eigenvalue weighted by Gasteiger charge is -2.13. The maximum Gasteiger partial charge on any atom is 0.258 e. The van der Waals surface area contributed by atoms with E-state index >= 15 is 0 Å². The normalized spacial score (nSPS) is 10.7. The molecule has 0 spiro atoms. The third kappa shape index (κ3) is 4.52. The lowest BCUT2D eigenvalue weighted by molar-refractivity contribution is 0.102. The predicted octanol–water partition coefficient (Wildman–Crippen LogP) is 3.72. The molecule has 23 heavy (non-hydrogen) atoms. The molecule has 2 aromatic rings. The van der Waals surface area contributed by atoms with Crippen molar-refractivity contribution in [3.8, 4) is 0 Å². The number of anilines is 2. The molecular formula is C18H24N4O. The van der Waals surface area contributed by atoms with Gasteiger partial charge in [0.15, 0.2) is 0 Å². The van der Waals surface area contributed by atoms with E-state index in [4.69, 9.17) is 0 Å². The summed E-state index contributed by atoms with van der Waals surface area (Å²) in [5.41, 5.74) is 4.57. The molecule has 122 valence electrons. The zero-order valence-electron chi connectivity index (χ0n) is 14.4. The highest BCUT2D eigenvalue weighted by molar-refractivity contribution is 6.04. The number of nitrogens with one attached hydrogen (secondary N) is 2. The smallest absolute Gasteiger partial charge is 0.258 e. The summed E-state index contributed by atoms with van der Waals surface area (Å²) in [4.78, 5) is 20.7. The third-order valence-electron chi connectivity index (χ3n) is 3.50. The van der Waals surface area contributed by atoms with Crippen molar-refractivity contribution in [2.45, 2.75) is 34.6 Å². The minimum absolute atomic E-state index is 0.199. The molecule has 2 N–H and O–H groups in total. The highest BCUT2D eigenvalue weighted by Crippen LogP contribution is 2.22. The number of benzene rings is 1. The Bertz CT molecular complexity index is 670. The second-order valence-electron chi connectivity index (χ2n) is 6.30.